The quantitative estimate of drug-likeness (QED) is 0.485. The van der Waals surface area contributed by atoms with Gasteiger partial charge in [0.1, 0.15) is 12.1 Å². The van der Waals surface area contributed by atoms with Gasteiger partial charge in [-0.15, -0.1) is 0 Å². The third kappa shape index (κ3) is 4.41. The van der Waals surface area contributed by atoms with Crippen LogP contribution in [-0.4, -0.2) is 43.9 Å². The lowest BCUT2D eigenvalue weighted by Crippen LogP contribution is -2.24. The molecule has 3 rings (SSSR count). The number of hydrogen-bond acceptors (Lipinski definition) is 7. The van der Waals surface area contributed by atoms with E-state index in [9.17, 15) is 0 Å². The van der Waals surface area contributed by atoms with Gasteiger partial charge in [0.05, 0.1) is 29.5 Å². The number of aliphatic hydroxyl groups excluding tert-OH is 1. The van der Waals surface area contributed by atoms with Gasteiger partial charge in [-0.2, -0.15) is 9.61 Å². The van der Waals surface area contributed by atoms with Crippen molar-refractivity contribution in [3.05, 3.63) is 45.8 Å². The summed E-state index contributed by atoms with van der Waals surface area (Å²) < 4.78 is 7.35. The zero-order valence-corrected chi connectivity index (χ0v) is 16.0. The highest BCUT2D eigenvalue weighted by Crippen LogP contribution is 2.35. The van der Waals surface area contributed by atoms with Gasteiger partial charge in [0, 0.05) is 23.6 Å². The van der Waals surface area contributed by atoms with Crippen LogP contribution in [0.15, 0.2) is 24.7 Å². The van der Waals surface area contributed by atoms with Gasteiger partial charge in [-0.05, 0) is 25.0 Å². The Morgan fingerprint density at radius 2 is 2.07 bits per heavy atom. The van der Waals surface area contributed by atoms with Gasteiger partial charge >= 0.3 is 0 Å². The minimum absolute atomic E-state index is 0.0439. The zero-order chi connectivity index (χ0) is 19.4. The van der Waals surface area contributed by atoms with Crippen LogP contribution in [0.1, 0.15) is 24.0 Å². The Morgan fingerprint density at radius 1 is 1.26 bits per heavy atom. The summed E-state index contributed by atoms with van der Waals surface area (Å²) in [5.41, 5.74) is 13.7. The molecule has 0 radical (unpaired) electrons. The summed E-state index contributed by atoms with van der Waals surface area (Å²) in [5, 5.41) is 14.1. The third-order valence-electron chi connectivity index (χ3n) is 4.14. The largest absolute Gasteiger partial charge is 0.493 e. The van der Waals surface area contributed by atoms with Gasteiger partial charge < -0.3 is 21.3 Å². The monoisotopic (exact) mass is 410 g/mol. The van der Waals surface area contributed by atoms with E-state index < -0.39 is 0 Å². The summed E-state index contributed by atoms with van der Waals surface area (Å²) in [6.07, 6.45) is 4.85. The molecule has 0 spiro atoms. The minimum atomic E-state index is -0.245. The number of benzene rings is 1. The molecule has 0 bridgehead atoms. The van der Waals surface area contributed by atoms with Crippen molar-refractivity contribution in [2.45, 2.75) is 25.3 Å². The summed E-state index contributed by atoms with van der Waals surface area (Å²) in [6, 6.07) is 3.23. The molecule has 2 aromatic heterocycles. The predicted octanol–water partition coefficient (Wildman–Crippen LogP) is 2.08. The minimum Gasteiger partial charge on any atom is -0.493 e. The van der Waals surface area contributed by atoms with Crippen LogP contribution in [0, 0.1) is 0 Å². The standard InChI is InChI=1S/C17H20Cl2N6O2/c18-13-3-4-14(27-5-1-2-11(20)8-26)12(15(13)19)6-10-7-24-25-16(10)22-9-23-17(25)21/h3-4,7,9,11,26H,1-2,5-6,8,20H2,(H2,21,22,23). The molecule has 0 fully saturated rings. The highest BCUT2D eigenvalue weighted by molar-refractivity contribution is 6.42. The van der Waals surface area contributed by atoms with E-state index in [0.717, 1.165) is 11.1 Å². The van der Waals surface area contributed by atoms with E-state index in [4.69, 9.17) is 44.5 Å². The maximum absolute atomic E-state index is 8.99. The molecule has 1 atom stereocenters. The smallest absolute Gasteiger partial charge is 0.224 e. The van der Waals surface area contributed by atoms with Crippen molar-refractivity contribution in [3.63, 3.8) is 0 Å². The number of hydrogen-bond donors (Lipinski definition) is 3. The highest BCUT2D eigenvalue weighted by Gasteiger charge is 2.16. The molecule has 0 aliphatic rings. The number of fused-ring (bicyclic) bond motifs is 1. The van der Waals surface area contributed by atoms with Crippen molar-refractivity contribution in [3.8, 4) is 5.75 Å². The first kappa shape index (κ1) is 19.6. The van der Waals surface area contributed by atoms with Crippen molar-refractivity contribution in [1.29, 1.82) is 0 Å². The second kappa shape index (κ2) is 8.71. The van der Waals surface area contributed by atoms with E-state index in [0.29, 0.717) is 47.3 Å². The normalized spacial score (nSPS) is 12.4. The number of nitrogen functional groups attached to an aromatic ring is 1. The third-order valence-corrected chi connectivity index (χ3v) is 4.98. The Labute approximate surface area is 166 Å². The number of ether oxygens (including phenoxy) is 1. The lowest BCUT2D eigenvalue weighted by molar-refractivity contribution is 0.244. The van der Waals surface area contributed by atoms with Gasteiger partial charge in [0.2, 0.25) is 5.95 Å². The zero-order valence-electron chi connectivity index (χ0n) is 14.5. The molecule has 27 heavy (non-hydrogen) atoms. The van der Waals surface area contributed by atoms with Gasteiger partial charge in [0.15, 0.2) is 5.65 Å². The van der Waals surface area contributed by atoms with Gasteiger partial charge in [-0.1, -0.05) is 23.2 Å². The average molecular weight is 411 g/mol. The molecule has 1 unspecified atom stereocenters. The molecular weight excluding hydrogens is 391 g/mol. The number of nitrogens with two attached hydrogens (primary N) is 2. The van der Waals surface area contributed by atoms with Crippen LogP contribution >= 0.6 is 23.2 Å². The van der Waals surface area contributed by atoms with Crippen molar-refractivity contribution in [1.82, 2.24) is 19.6 Å². The first-order valence-corrected chi connectivity index (χ1v) is 9.16. The maximum atomic E-state index is 8.99. The molecule has 1 aromatic carbocycles. The molecule has 0 aliphatic heterocycles. The van der Waals surface area contributed by atoms with E-state index in [2.05, 4.69) is 15.1 Å². The summed E-state index contributed by atoms with van der Waals surface area (Å²) in [7, 11) is 0. The van der Waals surface area contributed by atoms with Crippen molar-refractivity contribution < 1.29 is 9.84 Å². The Bertz CT molecular complexity index is 933. The Morgan fingerprint density at radius 3 is 2.85 bits per heavy atom. The lowest BCUT2D eigenvalue weighted by atomic mass is 10.1. The molecule has 5 N–H and O–H groups in total. The Kier molecular flexibility index (Phi) is 6.33. The van der Waals surface area contributed by atoms with Crippen LogP contribution < -0.4 is 16.2 Å². The maximum Gasteiger partial charge on any atom is 0.224 e. The summed E-state index contributed by atoms with van der Waals surface area (Å²) >= 11 is 12.6. The van der Waals surface area contributed by atoms with Gasteiger partial charge in [-0.3, -0.25) is 0 Å². The summed E-state index contributed by atoms with van der Waals surface area (Å²) in [5.74, 6) is 0.878. The first-order valence-electron chi connectivity index (χ1n) is 8.40. The fraction of sp³-hybridized carbons (Fsp3) is 0.353. The van der Waals surface area contributed by atoms with Crippen LogP contribution in [0.4, 0.5) is 5.95 Å². The van der Waals surface area contributed by atoms with E-state index in [1.54, 1.807) is 18.3 Å². The van der Waals surface area contributed by atoms with E-state index in [-0.39, 0.29) is 18.6 Å². The molecule has 0 amide bonds. The molecular formula is C17H20Cl2N6O2. The van der Waals surface area contributed by atoms with Crippen LogP contribution in [0.5, 0.6) is 5.75 Å². The molecule has 2 heterocycles. The van der Waals surface area contributed by atoms with Crippen molar-refractivity contribution in [2.24, 2.45) is 5.73 Å². The Hall–Kier alpha value is -2.13. The van der Waals surface area contributed by atoms with E-state index in [1.165, 1.54) is 10.8 Å². The van der Waals surface area contributed by atoms with Crippen LogP contribution in [0.2, 0.25) is 10.0 Å². The number of anilines is 1. The fourth-order valence-electron chi connectivity index (χ4n) is 2.69. The number of rotatable bonds is 8. The van der Waals surface area contributed by atoms with E-state index in [1.807, 2.05) is 0 Å². The van der Waals surface area contributed by atoms with Crippen molar-refractivity contribution >= 4 is 34.8 Å². The van der Waals surface area contributed by atoms with Gasteiger partial charge in [-0.25, -0.2) is 9.97 Å². The lowest BCUT2D eigenvalue weighted by Gasteiger charge is -2.14. The van der Waals surface area contributed by atoms with Crippen LogP contribution in [0.25, 0.3) is 5.65 Å². The van der Waals surface area contributed by atoms with Crippen LogP contribution in [-0.2, 0) is 6.42 Å². The van der Waals surface area contributed by atoms with Crippen molar-refractivity contribution in [2.75, 3.05) is 18.9 Å². The van der Waals surface area contributed by atoms with Crippen LogP contribution in [0.3, 0.4) is 0 Å². The number of aliphatic hydroxyl groups is 1. The molecule has 3 aromatic rings. The SMILES string of the molecule is Nc1ncnc2c(Cc3c(OCCCC(N)CO)ccc(Cl)c3Cl)cnn12. The Balaban J connectivity index is 1.83. The summed E-state index contributed by atoms with van der Waals surface area (Å²) in [4.78, 5) is 8.15. The van der Waals surface area contributed by atoms with Gasteiger partial charge in [0.25, 0.3) is 0 Å². The number of halogens is 2. The molecule has 10 heteroatoms. The molecule has 0 saturated heterocycles. The first-order chi connectivity index (χ1) is 13.0. The second-order valence-electron chi connectivity index (χ2n) is 6.09. The second-order valence-corrected chi connectivity index (χ2v) is 6.87. The highest BCUT2D eigenvalue weighted by atomic mass is 35.5. The number of nitrogens with zero attached hydrogens (tertiary/aromatic N) is 4. The molecule has 0 aliphatic carbocycles. The predicted molar refractivity (Wildman–Crippen MR) is 104 cm³/mol. The molecule has 8 nitrogen and oxygen atoms in total. The average Bonchev–Trinajstić information content (AvgIpc) is 3.08. The summed E-state index contributed by atoms with van der Waals surface area (Å²) in [6.45, 7) is 0.403. The topological polar surface area (TPSA) is 125 Å². The number of aromatic nitrogens is 4. The molecule has 0 saturated carbocycles. The fourth-order valence-corrected chi connectivity index (χ4v) is 3.09. The van der Waals surface area contributed by atoms with E-state index >= 15 is 0 Å². The molecule has 144 valence electrons.